The number of hydrogen-bond donors (Lipinski definition) is 3. The van der Waals surface area contributed by atoms with Gasteiger partial charge >= 0.3 is 0 Å². The zero-order chi connectivity index (χ0) is 13.1. The molecule has 0 saturated carbocycles. The lowest BCUT2D eigenvalue weighted by Gasteiger charge is -2.14. The first-order chi connectivity index (χ1) is 8.60. The van der Waals surface area contributed by atoms with Crippen LogP contribution in [0.25, 0.3) is 0 Å². The van der Waals surface area contributed by atoms with Gasteiger partial charge in [0.2, 0.25) is 5.95 Å². The van der Waals surface area contributed by atoms with Crippen LogP contribution in [0.2, 0.25) is 0 Å². The molecule has 0 radical (unpaired) electrons. The molecule has 0 aliphatic carbocycles. The summed E-state index contributed by atoms with van der Waals surface area (Å²) in [5.41, 5.74) is 3.74. The number of nitrogen functional groups attached to an aromatic ring is 1. The smallest absolute Gasteiger partial charge is 0.239 e. The van der Waals surface area contributed by atoms with E-state index in [-0.39, 0.29) is 6.04 Å². The molecule has 0 aliphatic rings. The van der Waals surface area contributed by atoms with Crippen molar-refractivity contribution >= 4 is 23.1 Å². The number of anilines is 2. The number of aromatic nitrogens is 2. The molecule has 5 nitrogen and oxygen atoms in total. The molecule has 0 aromatic carbocycles. The van der Waals surface area contributed by atoms with Gasteiger partial charge < -0.3 is 5.32 Å². The maximum absolute atomic E-state index is 5.29. The van der Waals surface area contributed by atoms with Crippen molar-refractivity contribution in [2.24, 2.45) is 5.84 Å². The van der Waals surface area contributed by atoms with Gasteiger partial charge in [-0.3, -0.25) is 5.43 Å². The van der Waals surface area contributed by atoms with Crippen LogP contribution in [0.5, 0.6) is 0 Å². The van der Waals surface area contributed by atoms with Crippen molar-refractivity contribution in [3.8, 4) is 0 Å². The lowest BCUT2D eigenvalue weighted by molar-refractivity contribution is 0.869. The molecule has 18 heavy (non-hydrogen) atoms. The molecule has 2 aromatic heterocycles. The summed E-state index contributed by atoms with van der Waals surface area (Å²) >= 11 is 1.81. The molecule has 0 fully saturated rings. The van der Waals surface area contributed by atoms with Crippen molar-refractivity contribution in [2.75, 3.05) is 10.7 Å². The third-order valence-electron chi connectivity index (χ3n) is 2.69. The van der Waals surface area contributed by atoms with Crippen molar-refractivity contribution in [2.45, 2.75) is 26.8 Å². The summed E-state index contributed by atoms with van der Waals surface area (Å²) in [5, 5.41) is 3.35. The highest BCUT2D eigenvalue weighted by atomic mass is 32.1. The minimum Gasteiger partial charge on any atom is -0.363 e. The quantitative estimate of drug-likeness (QED) is 0.584. The average Bonchev–Trinajstić information content (AvgIpc) is 2.69. The number of thiophene rings is 1. The monoisotopic (exact) mass is 263 g/mol. The number of rotatable bonds is 4. The third kappa shape index (κ3) is 2.77. The van der Waals surface area contributed by atoms with Crippen LogP contribution in [0.3, 0.4) is 0 Å². The van der Waals surface area contributed by atoms with E-state index in [0.717, 1.165) is 5.82 Å². The molecular weight excluding hydrogens is 246 g/mol. The Hall–Kier alpha value is -1.66. The largest absolute Gasteiger partial charge is 0.363 e. The number of nitrogens with two attached hydrogens (primary N) is 1. The Morgan fingerprint density at radius 2 is 2.17 bits per heavy atom. The molecule has 0 spiro atoms. The molecule has 96 valence electrons. The van der Waals surface area contributed by atoms with E-state index in [1.54, 1.807) is 6.20 Å². The molecule has 0 aliphatic heterocycles. The predicted octanol–water partition coefficient (Wildman–Crippen LogP) is 2.61. The first-order valence-electron chi connectivity index (χ1n) is 5.73. The minimum absolute atomic E-state index is 0.204. The molecule has 2 aromatic rings. The van der Waals surface area contributed by atoms with Gasteiger partial charge in [-0.25, -0.2) is 10.8 Å². The van der Waals surface area contributed by atoms with Gasteiger partial charge in [0.15, 0.2) is 0 Å². The Kier molecular flexibility index (Phi) is 3.78. The SMILES string of the molecule is Cc1cc(C(C)Nc2ccnc(NN)n2)c(C)s1. The molecule has 0 bridgehead atoms. The second-order valence-corrected chi connectivity index (χ2v) is 5.60. The van der Waals surface area contributed by atoms with Crippen LogP contribution in [-0.4, -0.2) is 9.97 Å². The molecule has 2 rings (SSSR count). The number of aryl methyl sites for hydroxylation is 2. The van der Waals surface area contributed by atoms with Crippen molar-refractivity contribution in [3.05, 3.63) is 33.6 Å². The molecule has 1 unspecified atom stereocenters. The van der Waals surface area contributed by atoms with Crippen molar-refractivity contribution in [1.82, 2.24) is 9.97 Å². The molecular formula is C12H17N5S. The van der Waals surface area contributed by atoms with E-state index < -0.39 is 0 Å². The summed E-state index contributed by atoms with van der Waals surface area (Å²) in [6.07, 6.45) is 1.67. The summed E-state index contributed by atoms with van der Waals surface area (Å²) in [6, 6.07) is 4.24. The first kappa shape index (κ1) is 12.8. The minimum atomic E-state index is 0.204. The Labute approximate surface area is 110 Å². The van der Waals surface area contributed by atoms with Gasteiger partial charge in [-0.2, -0.15) is 4.98 Å². The van der Waals surface area contributed by atoms with E-state index >= 15 is 0 Å². The number of nitrogens with zero attached hydrogens (tertiary/aromatic N) is 2. The van der Waals surface area contributed by atoms with Crippen LogP contribution in [0.15, 0.2) is 18.3 Å². The van der Waals surface area contributed by atoms with Gasteiger partial charge in [0.1, 0.15) is 5.82 Å². The standard InChI is InChI=1S/C12H17N5S/c1-7-6-10(9(3)18-7)8(2)15-11-4-5-14-12(16-11)17-13/h4-6,8H,13H2,1-3H3,(H2,14,15,16,17). The predicted molar refractivity (Wildman–Crippen MR) is 75.7 cm³/mol. The lowest BCUT2D eigenvalue weighted by Crippen LogP contribution is -2.13. The molecule has 2 heterocycles. The number of hydrazine groups is 1. The van der Waals surface area contributed by atoms with Gasteiger partial charge in [0.05, 0.1) is 6.04 Å². The maximum Gasteiger partial charge on any atom is 0.239 e. The van der Waals surface area contributed by atoms with Gasteiger partial charge in [-0.15, -0.1) is 11.3 Å². The lowest BCUT2D eigenvalue weighted by atomic mass is 10.1. The van der Waals surface area contributed by atoms with E-state index in [9.17, 15) is 0 Å². The van der Waals surface area contributed by atoms with Gasteiger partial charge in [-0.1, -0.05) is 0 Å². The Balaban J connectivity index is 2.15. The summed E-state index contributed by atoms with van der Waals surface area (Å²) < 4.78 is 0. The van der Waals surface area contributed by atoms with E-state index in [2.05, 4.69) is 47.5 Å². The Morgan fingerprint density at radius 3 is 2.78 bits per heavy atom. The highest BCUT2D eigenvalue weighted by molar-refractivity contribution is 7.12. The average molecular weight is 263 g/mol. The summed E-state index contributed by atoms with van der Waals surface area (Å²) in [4.78, 5) is 10.9. The number of hydrogen-bond acceptors (Lipinski definition) is 6. The molecule has 1 atom stereocenters. The van der Waals surface area contributed by atoms with Crippen molar-refractivity contribution < 1.29 is 0 Å². The van der Waals surface area contributed by atoms with E-state index in [0.29, 0.717) is 5.95 Å². The molecule has 4 N–H and O–H groups in total. The van der Waals surface area contributed by atoms with Crippen LogP contribution in [-0.2, 0) is 0 Å². The van der Waals surface area contributed by atoms with Crippen LogP contribution < -0.4 is 16.6 Å². The van der Waals surface area contributed by atoms with E-state index in [4.69, 9.17) is 5.84 Å². The Morgan fingerprint density at radius 1 is 1.39 bits per heavy atom. The van der Waals surface area contributed by atoms with Crippen LogP contribution in [0, 0.1) is 13.8 Å². The van der Waals surface area contributed by atoms with Crippen LogP contribution >= 0.6 is 11.3 Å². The van der Waals surface area contributed by atoms with Crippen molar-refractivity contribution in [3.63, 3.8) is 0 Å². The zero-order valence-electron chi connectivity index (χ0n) is 10.7. The van der Waals surface area contributed by atoms with Gasteiger partial charge in [0.25, 0.3) is 0 Å². The fraction of sp³-hybridized carbons (Fsp3) is 0.333. The van der Waals surface area contributed by atoms with Crippen LogP contribution in [0.1, 0.15) is 28.3 Å². The second kappa shape index (κ2) is 5.32. The van der Waals surface area contributed by atoms with Gasteiger partial charge in [-0.05, 0) is 38.5 Å². The molecule has 0 amide bonds. The highest BCUT2D eigenvalue weighted by Crippen LogP contribution is 2.28. The topological polar surface area (TPSA) is 75.9 Å². The van der Waals surface area contributed by atoms with E-state index in [1.807, 2.05) is 17.4 Å². The molecule has 0 saturated heterocycles. The van der Waals surface area contributed by atoms with Crippen molar-refractivity contribution in [1.29, 1.82) is 0 Å². The first-order valence-corrected chi connectivity index (χ1v) is 6.55. The van der Waals surface area contributed by atoms with Gasteiger partial charge in [0, 0.05) is 16.0 Å². The normalized spacial score (nSPS) is 12.2. The fourth-order valence-corrected chi connectivity index (χ4v) is 2.91. The summed E-state index contributed by atoms with van der Waals surface area (Å²) in [5.74, 6) is 6.45. The third-order valence-corrected chi connectivity index (χ3v) is 3.68. The molecule has 6 heteroatoms. The highest BCUT2D eigenvalue weighted by Gasteiger charge is 2.11. The Bertz CT molecular complexity index is 537. The van der Waals surface area contributed by atoms with E-state index in [1.165, 1.54) is 15.3 Å². The summed E-state index contributed by atoms with van der Waals surface area (Å²) in [6.45, 7) is 6.37. The second-order valence-electron chi connectivity index (χ2n) is 4.14. The van der Waals surface area contributed by atoms with Crippen LogP contribution in [0.4, 0.5) is 11.8 Å². The summed E-state index contributed by atoms with van der Waals surface area (Å²) in [7, 11) is 0. The fourth-order valence-electron chi connectivity index (χ4n) is 1.89. The number of nitrogens with one attached hydrogen (secondary N) is 2. The zero-order valence-corrected chi connectivity index (χ0v) is 11.5. The maximum atomic E-state index is 5.29.